The first-order chi connectivity index (χ1) is 21.0. The zero-order valence-corrected chi connectivity index (χ0v) is 26.6. The van der Waals surface area contributed by atoms with Crippen molar-refractivity contribution >= 4 is 29.4 Å². The summed E-state index contributed by atoms with van der Waals surface area (Å²) in [4.78, 5) is 29.2. The second-order valence-electron chi connectivity index (χ2n) is 10.1. The van der Waals surface area contributed by atoms with Gasteiger partial charge >= 0.3 is 0 Å². The molecule has 2 aliphatic heterocycles. The summed E-state index contributed by atoms with van der Waals surface area (Å²) in [5.41, 5.74) is 3.60. The smallest absolute Gasteiger partial charge is 0.270 e. The van der Waals surface area contributed by atoms with Crippen LogP contribution in [0.4, 0.5) is 20.2 Å². The number of nitrogens with one attached hydrogen (secondary N) is 2. The Kier molecular flexibility index (Phi) is 17.3. The van der Waals surface area contributed by atoms with Crippen LogP contribution >= 0.6 is 0 Å². The predicted octanol–water partition coefficient (Wildman–Crippen LogP) is 5.75. The summed E-state index contributed by atoms with van der Waals surface area (Å²) in [5.74, 6) is -3.53. The van der Waals surface area contributed by atoms with E-state index in [1.807, 2.05) is 31.7 Å². The van der Waals surface area contributed by atoms with Crippen molar-refractivity contribution in [3.63, 3.8) is 0 Å². The largest absolute Gasteiger partial charge is 0.396 e. The van der Waals surface area contributed by atoms with Gasteiger partial charge in [-0.1, -0.05) is 11.2 Å². The van der Waals surface area contributed by atoms with E-state index in [2.05, 4.69) is 35.6 Å². The molecule has 0 aromatic heterocycles. The predicted molar refractivity (Wildman–Crippen MR) is 172 cm³/mol. The number of amides is 2. The average Bonchev–Trinajstić information content (AvgIpc) is 3.52. The van der Waals surface area contributed by atoms with Crippen LogP contribution < -0.4 is 15.5 Å². The van der Waals surface area contributed by atoms with E-state index in [9.17, 15) is 13.6 Å². The van der Waals surface area contributed by atoms with Crippen LogP contribution in [0.5, 0.6) is 0 Å². The molecule has 2 saturated heterocycles. The number of halogens is 2. The fourth-order valence-corrected chi connectivity index (χ4v) is 4.24. The van der Waals surface area contributed by atoms with Crippen molar-refractivity contribution in [1.82, 2.24) is 5.32 Å². The molecule has 11 heteroatoms. The topological polar surface area (TPSA) is 101 Å². The third-order valence-corrected chi connectivity index (χ3v) is 6.55. The van der Waals surface area contributed by atoms with Crippen LogP contribution in [-0.2, 0) is 25.0 Å². The highest BCUT2D eigenvalue weighted by molar-refractivity contribution is 6.06. The molecule has 0 bridgehead atoms. The maximum absolute atomic E-state index is 14.2. The van der Waals surface area contributed by atoms with Crippen LogP contribution in [0.2, 0.25) is 0 Å². The van der Waals surface area contributed by atoms with E-state index in [0.717, 1.165) is 24.7 Å². The molecule has 242 valence electrons. The summed E-state index contributed by atoms with van der Waals surface area (Å²) < 4.78 is 38.8. The van der Waals surface area contributed by atoms with Gasteiger partial charge in [0.1, 0.15) is 6.61 Å². The molecule has 2 amide bonds. The Bertz CT molecular complexity index is 1220. The van der Waals surface area contributed by atoms with Crippen LogP contribution in [0, 0.1) is 19.8 Å². The van der Waals surface area contributed by atoms with Crippen molar-refractivity contribution in [2.75, 3.05) is 56.8 Å². The molecule has 2 aromatic carbocycles. The number of ether oxygens (including phenoxy) is 2. The number of carbonyl (C=O) groups is 2. The quantitative estimate of drug-likeness (QED) is 0.170. The normalized spacial score (nSPS) is 16.1. The number of hydrogen-bond acceptors (Lipinski definition) is 7. The van der Waals surface area contributed by atoms with Gasteiger partial charge in [0.2, 0.25) is 6.41 Å². The first-order valence-electron chi connectivity index (χ1n) is 14.5. The first kappa shape index (κ1) is 38.0. The molecule has 2 heterocycles. The zero-order valence-electron chi connectivity index (χ0n) is 26.6. The third kappa shape index (κ3) is 13.1. The molecule has 1 unspecified atom stereocenters. The lowest BCUT2D eigenvalue weighted by Crippen LogP contribution is -2.36. The molecule has 2 fully saturated rings. The van der Waals surface area contributed by atoms with Crippen molar-refractivity contribution in [1.29, 1.82) is 0 Å². The summed E-state index contributed by atoms with van der Waals surface area (Å²) in [5, 5.41) is 9.13. The monoisotopic (exact) mass is 616 g/mol. The number of alkyl halides is 2. The standard InChI is InChI=1S/C24H29F2N3O3.C5H10O.C2H5NO.C2H2/c1-5-32-28-17(3)22-15-20(7-6-16(22)2)27-23(30)18-12-19(24(4,25)26)14-21(13-18)29-8-10-31-11-9-29;1-5-3-2-4-6-5;1-3-2-4;1-2/h6-7,12-15H,5,8-11H2,1-4H3,(H,27,30);5H,2-4H2,1H3;2H,1H3,(H,3,4);1-2H/b28-17+;;;. The second kappa shape index (κ2) is 20.0. The maximum atomic E-state index is 14.2. The van der Waals surface area contributed by atoms with Gasteiger partial charge in [0.05, 0.1) is 25.0 Å². The summed E-state index contributed by atoms with van der Waals surface area (Å²) in [6.45, 7) is 12.2. The Morgan fingerprint density at radius 3 is 2.34 bits per heavy atom. The molecule has 9 nitrogen and oxygen atoms in total. The highest BCUT2D eigenvalue weighted by Gasteiger charge is 2.27. The summed E-state index contributed by atoms with van der Waals surface area (Å²) in [6.07, 6.45) is 11.7. The number of carbonyl (C=O) groups excluding carboxylic acids is 2. The van der Waals surface area contributed by atoms with Gasteiger partial charge in [0, 0.05) is 61.7 Å². The van der Waals surface area contributed by atoms with Crippen molar-refractivity contribution in [2.45, 2.75) is 59.5 Å². The van der Waals surface area contributed by atoms with E-state index in [4.69, 9.17) is 19.1 Å². The van der Waals surface area contributed by atoms with Crippen molar-refractivity contribution < 1.29 is 32.7 Å². The first-order valence-corrected chi connectivity index (χ1v) is 14.5. The Labute approximate surface area is 260 Å². The minimum atomic E-state index is -3.07. The lowest BCUT2D eigenvalue weighted by molar-refractivity contribution is -0.109. The molecule has 0 aliphatic carbocycles. The van der Waals surface area contributed by atoms with Crippen molar-refractivity contribution in [3.8, 4) is 12.8 Å². The van der Waals surface area contributed by atoms with Gasteiger partial charge in [-0.05, 0) is 76.4 Å². The maximum Gasteiger partial charge on any atom is 0.270 e. The highest BCUT2D eigenvalue weighted by atomic mass is 19.3. The lowest BCUT2D eigenvalue weighted by Gasteiger charge is -2.30. The Morgan fingerprint density at radius 1 is 1.18 bits per heavy atom. The van der Waals surface area contributed by atoms with Gasteiger partial charge in [-0.3, -0.25) is 9.59 Å². The number of terminal acetylenes is 1. The van der Waals surface area contributed by atoms with Crippen LogP contribution in [-0.4, -0.2) is 70.7 Å². The SMILES string of the molecule is C#C.CC1CCCO1.CCO/N=C(\C)c1cc(NC(=O)c2cc(N3CCOCC3)cc(C(C)(F)F)c2)ccc1C.CNC=O. The number of benzene rings is 2. The number of oxime groups is 1. The van der Waals surface area contributed by atoms with E-state index in [1.165, 1.54) is 25.0 Å². The minimum Gasteiger partial charge on any atom is -0.396 e. The number of rotatable bonds is 8. The molecule has 1 atom stereocenters. The van der Waals surface area contributed by atoms with Gasteiger partial charge in [0.25, 0.3) is 11.8 Å². The molecule has 0 saturated carbocycles. The average molecular weight is 617 g/mol. The molecule has 2 aromatic rings. The molecule has 2 N–H and O–H groups in total. The molecule has 0 spiro atoms. The number of hydrogen-bond donors (Lipinski definition) is 2. The number of aryl methyl sites for hydroxylation is 1. The van der Waals surface area contributed by atoms with E-state index >= 15 is 0 Å². The van der Waals surface area contributed by atoms with E-state index in [0.29, 0.717) is 62.5 Å². The van der Waals surface area contributed by atoms with Crippen LogP contribution in [0.1, 0.15) is 67.6 Å². The van der Waals surface area contributed by atoms with Gasteiger partial charge in [0.15, 0.2) is 0 Å². The Balaban J connectivity index is 0.000000680. The van der Waals surface area contributed by atoms with Crippen LogP contribution in [0.25, 0.3) is 0 Å². The fraction of sp³-hybridized carbons (Fsp3) is 0.485. The van der Waals surface area contributed by atoms with Crippen molar-refractivity contribution in [2.24, 2.45) is 5.16 Å². The molecular weight excluding hydrogens is 570 g/mol. The summed E-state index contributed by atoms with van der Waals surface area (Å²) in [7, 11) is 1.56. The third-order valence-electron chi connectivity index (χ3n) is 6.55. The van der Waals surface area contributed by atoms with E-state index in [-0.39, 0.29) is 11.1 Å². The molecule has 4 rings (SSSR count). The van der Waals surface area contributed by atoms with Gasteiger partial charge in [-0.25, -0.2) is 8.78 Å². The number of nitrogens with zero attached hydrogens (tertiary/aromatic N) is 2. The van der Waals surface area contributed by atoms with Crippen LogP contribution in [0.15, 0.2) is 41.6 Å². The minimum absolute atomic E-state index is 0.173. The van der Waals surface area contributed by atoms with Gasteiger partial charge in [-0.15, -0.1) is 12.8 Å². The van der Waals surface area contributed by atoms with E-state index < -0.39 is 11.8 Å². The second-order valence-corrected chi connectivity index (χ2v) is 10.1. The highest BCUT2D eigenvalue weighted by Crippen LogP contribution is 2.32. The fourth-order valence-electron chi connectivity index (χ4n) is 4.24. The van der Waals surface area contributed by atoms with Crippen LogP contribution in [0.3, 0.4) is 0 Å². The Hall–Kier alpha value is -4.01. The lowest BCUT2D eigenvalue weighted by atomic mass is 10.0. The molecular formula is C33H46F2N4O5. The molecule has 44 heavy (non-hydrogen) atoms. The van der Waals surface area contributed by atoms with Gasteiger partial charge in [-0.2, -0.15) is 0 Å². The van der Waals surface area contributed by atoms with Crippen molar-refractivity contribution in [3.05, 3.63) is 58.7 Å². The summed E-state index contributed by atoms with van der Waals surface area (Å²) >= 11 is 0. The van der Waals surface area contributed by atoms with Gasteiger partial charge < -0.3 is 29.8 Å². The van der Waals surface area contributed by atoms with E-state index in [1.54, 1.807) is 25.2 Å². The summed E-state index contributed by atoms with van der Waals surface area (Å²) in [6, 6.07) is 9.77. The number of anilines is 2. The zero-order chi connectivity index (χ0) is 33.1. The molecule has 2 aliphatic rings. The molecule has 0 radical (unpaired) electrons. The number of morpholine rings is 1. The Morgan fingerprint density at radius 2 is 1.84 bits per heavy atom.